The number of halogens is 1. The van der Waals surface area contributed by atoms with Crippen molar-refractivity contribution in [2.24, 2.45) is 0 Å². The van der Waals surface area contributed by atoms with Gasteiger partial charge in [-0.15, -0.1) is 11.3 Å². The lowest BCUT2D eigenvalue weighted by Gasteiger charge is -1.94. The number of fused-ring (bicyclic) bond motifs is 1. The molecule has 0 atom stereocenters. The highest BCUT2D eigenvalue weighted by Crippen LogP contribution is 2.35. The van der Waals surface area contributed by atoms with Crippen LogP contribution >= 0.6 is 22.9 Å². The number of hydrogen-bond donors (Lipinski definition) is 2. The van der Waals surface area contributed by atoms with E-state index in [9.17, 15) is 4.79 Å². The summed E-state index contributed by atoms with van der Waals surface area (Å²) < 4.78 is 1.12. The largest absolute Gasteiger partial charge is 0.478 e. The first-order valence-electron chi connectivity index (χ1n) is 3.80. The lowest BCUT2D eigenvalue weighted by molar-refractivity contribution is 0.0699. The molecule has 0 aliphatic rings. The van der Waals surface area contributed by atoms with Crippen LogP contribution in [0.3, 0.4) is 0 Å². The van der Waals surface area contributed by atoms with Crippen LogP contribution in [0.4, 0.5) is 5.69 Å². The van der Waals surface area contributed by atoms with Crippen molar-refractivity contribution in [3.05, 3.63) is 28.1 Å². The predicted molar refractivity (Wildman–Crippen MR) is 58.2 cm³/mol. The van der Waals surface area contributed by atoms with Gasteiger partial charge < -0.3 is 10.8 Å². The van der Waals surface area contributed by atoms with Gasteiger partial charge in [0.1, 0.15) is 4.34 Å². The predicted octanol–water partition coefficient (Wildman–Crippen LogP) is 2.84. The molecule has 0 spiro atoms. The summed E-state index contributed by atoms with van der Waals surface area (Å²) >= 11 is 7.06. The quantitative estimate of drug-likeness (QED) is 0.737. The summed E-state index contributed by atoms with van der Waals surface area (Å²) in [7, 11) is 0. The molecule has 1 heterocycles. The summed E-state index contributed by atoms with van der Waals surface area (Å²) in [6, 6.07) is 5.12. The van der Waals surface area contributed by atoms with E-state index < -0.39 is 5.97 Å². The van der Waals surface area contributed by atoms with Crippen molar-refractivity contribution in [1.29, 1.82) is 0 Å². The Morgan fingerprint density at radius 3 is 2.86 bits per heavy atom. The van der Waals surface area contributed by atoms with E-state index in [2.05, 4.69) is 0 Å². The van der Waals surface area contributed by atoms with Crippen LogP contribution in [0.25, 0.3) is 10.1 Å². The van der Waals surface area contributed by atoms with Crippen molar-refractivity contribution in [2.75, 3.05) is 5.73 Å². The van der Waals surface area contributed by atoms with Gasteiger partial charge in [-0.1, -0.05) is 11.6 Å². The van der Waals surface area contributed by atoms with E-state index >= 15 is 0 Å². The maximum atomic E-state index is 10.9. The number of nitrogen functional groups attached to an aromatic ring is 1. The summed E-state index contributed by atoms with van der Waals surface area (Å²) in [6.07, 6.45) is 0. The van der Waals surface area contributed by atoms with Crippen LogP contribution in [-0.4, -0.2) is 11.1 Å². The van der Waals surface area contributed by atoms with E-state index in [4.69, 9.17) is 22.4 Å². The molecule has 0 unspecified atom stereocenters. The lowest BCUT2D eigenvalue weighted by Crippen LogP contribution is -1.95. The molecule has 0 radical (unpaired) electrons. The number of carboxylic acid groups (broad SMARTS) is 1. The maximum absolute atomic E-state index is 10.9. The Labute approximate surface area is 88.7 Å². The van der Waals surface area contributed by atoms with Gasteiger partial charge in [0.15, 0.2) is 0 Å². The van der Waals surface area contributed by atoms with E-state index in [1.807, 2.05) is 0 Å². The van der Waals surface area contributed by atoms with Gasteiger partial charge in [-0.3, -0.25) is 0 Å². The Hall–Kier alpha value is -1.26. The molecule has 14 heavy (non-hydrogen) atoms. The van der Waals surface area contributed by atoms with E-state index in [0.717, 1.165) is 4.70 Å². The number of rotatable bonds is 1. The fourth-order valence-electron chi connectivity index (χ4n) is 1.28. The van der Waals surface area contributed by atoms with Crippen molar-refractivity contribution in [2.45, 2.75) is 0 Å². The van der Waals surface area contributed by atoms with Crippen LogP contribution in [0, 0.1) is 0 Å². The Kier molecular flexibility index (Phi) is 2.09. The normalized spacial score (nSPS) is 10.6. The third-order valence-electron chi connectivity index (χ3n) is 1.88. The number of benzene rings is 1. The summed E-state index contributed by atoms with van der Waals surface area (Å²) in [6.45, 7) is 0. The molecule has 0 saturated heterocycles. The van der Waals surface area contributed by atoms with Crippen molar-refractivity contribution in [1.82, 2.24) is 0 Å². The molecule has 0 fully saturated rings. The number of anilines is 1. The molecule has 2 aromatic rings. The third kappa shape index (κ3) is 1.32. The molecule has 0 amide bonds. The molecule has 5 heteroatoms. The van der Waals surface area contributed by atoms with Gasteiger partial charge in [0.2, 0.25) is 0 Å². The number of nitrogens with two attached hydrogens (primary N) is 1. The van der Waals surface area contributed by atoms with Crippen LogP contribution in [-0.2, 0) is 0 Å². The van der Waals surface area contributed by atoms with Crippen LogP contribution in [0.5, 0.6) is 0 Å². The third-order valence-corrected chi connectivity index (χ3v) is 3.26. The van der Waals surface area contributed by atoms with Crippen molar-refractivity contribution >= 4 is 44.7 Å². The zero-order valence-electron chi connectivity index (χ0n) is 6.95. The molecule has 0 aliphatic heterocycles. The molecule has 3 nitrogen and oxygen atoms in total. The Morgan fingerprint density at radius 2 is 2.21 bits per heavy atom. The van der Waals surface area contributed by atoms with Crippen molar-refractivity contribution in [3.8, 4) is 0 Å². The number of aromatic carboxylic acids is 1. The van der Waals surface area contributed by atoms with Crippen LogP contribution in [0.1, 0.15) is 10.4 Å². The van der Waals surface area contributed by atoms with Gasteiger partial charge >= 0.3 is 5.97 Å². The van der Waals surface area contributed by atoms with Crippen molar-refractivity contribution < 1.29 is 9.90 Å². The average molecular weight is 228 g/mol. The summed E-state index contributed by atoms with van der Waals surface area (Å²) in [5, 5.41) is 9.53. The monoisotopic (exact) mass is 227 g/mol. The summed E-state index contributed by atoms with van der Waals surface area (Å²) in [5.41, 5.74) is 6.25. The zero-order valence-corrected chi connectivity index (χ0v) is 8.52. The van der Waals surface area contributed by atoms with Gasteiger partial charge in [-0.25, -0.2) is 4.79 Å². The molecule has 1 aromatic carbocycles. The minimum atomic E-state index is -1.02. The maximum Gasteiger partial charge on any atom is 0.338 e. The number of thiophene rings is 1. The van der Waals surface area contributed by atoms with Gasteiger partial charge in [0.25, 0.3) is 0 Å². The molecule has 0 bridgehead atoms. The zero-order chi connectivity index (χ0) is 10.3. The molecular formula is C9H6ClNO2S. The first kappa shape index (κ1) is 9.30. The molecule has 0 aliphatic carbocycles. The van der Waals surface area contributed by atoms with Gasteiger partial charge in [0.05, 0.1) is 5.56 Å². The van der Waals surface area contributed by atoms with Crippen LogP contribution in [0.2, 0.25) is 4.34 Å². The second kappa shape index (κ2) is 3.15. The highest BCUT2D eigenvalue weighted by molar-refractivity contribution is 7.23. The Morgan fingerprint density at radius 1 is 1.50 bits per heavy atom. The second-order valence-electron chi connectivity index (χ2n) is 2.81. The van der Waals surface area contributed by atoms with E-state index in [1.54, 1.807) is 18.2 Å². The van der Waals surface area contributed by atoms with Gasteiger partial charge in [-0.2, -0.15) is 0 Å². The van der Waals surface area contributed by atoms with Crippen molar-refractivity contribution in [3.63, 3.8) is 0 Å². The Balaban J connectivity index is 2.86. The lowest BCUT2D eigenvalue weighted by atomic mass is 10.1. The molecule has 1 aromatic heterocycles. The highest BCUT2D eigenvalue weighted by atomic mass is 35.5. The second-order valence-corrected chi connectivity index (χ2v) is 4.47. The smallest absolute Gasteiger partial charge is 0.338 e. The molecule has 2 rings (SSSR count). The van der Waals surface area contributed by atoms with E-state index in [-0.39, 0.29) is 9.90 Å². The minimum Gasteiger partial charge on any atom is -0.478 e. The Bertz CT molecular complexity index is 521. The number of hydrogen-bond acceptors (Lipinski definition) is 3. The molecule has 72 valence electrons. The topological polar surface area (TPSA) is 63.3 Å². The highest BCUT2D eigenvalue weighted by Gasteiger charge is 2.16. The van der Waals surface area contributed by atoms with Gasteiger partial charge in [0, 0.05) is 15.8 Å². The minimum absolute atomic E-state index is 0.138. The van der Waals surface area contributed by atoms with Crippen LogP contribution in [0.15, 0.2) is 18.2 Å². The number of carboxylic acids is 1. The van der Waals surface area contributed by atoms with Crippen LogP contribution < -0.4 is 5.73 Å². The fourth-order valence-corrected chi connectivity index (χ4v) is 2.62. The van der Waals surface area contributed by atoms with Gasteiger partial charge in [-0.05, 0) is 18.2 Å². The summed E-state index contributed by atoms with van der Waals surface area (Å²) in [5.74, 6) is -1.02. The fraction of sp³-hybridized carbons (Fsp3) is 0. The van der Waals surface area contributed by atoms with E-state index in [0.29, 0.717) is 11.1 Å². The first-order chi connectivity index (χ1) is 6.59. The van der Waals surface area contributed by atoms with E-state index in [1.165, 1.54) is 11.3 Å². The SMILES string of the molecule is Nc1ccc2sc(Cl)c(C(=O)O)c2c1. The summed E-state index contributed by atoms with van der Waals surface area (Å²) in [4.78, 5) is 10.9. The molecule has 0 saturated carbocycles. The molecule has 3 N–H and O–H groups in total. The first-order valence-corrected chi connectivity index (χ1v) is 5.00. The molecular weight excluding hydrogens is 222 g/mol. The number of carbonyl (C=O) groups is 1. The standard InChI is InChI=1S/C9H6ClNO2S/c10-8-7(9(12)13)5-3-4(11)1-2-6(5)14-8/h1-3H,11H2,(H,12,13). The average Bonchev–Trinajstić information content (AvgIpc) is 2.40.